The average molecular weight is 416 g/mol. The minimum Gasteiger partial charge on any atom is -0.457 e. The number of esters is 1. The zero-order chi connectivity index (χ0) is 20.9. The summed E-state index contributed by atoms with van der Waals surface area (Å²) in [6, 6.07) is 14.4. The van der Waals surface area contributed by atoms with Crippen molar-refractivity contribution in [2.24, 2.45) is 5.14 Å². The predicted octanol–water partition coefficient (Wildman–Crippen LogP) is 3.16. The number of carbonyl (C=O) groups is 1. The number of rotatable bonds is 9. The Hall–Kier alpha value is -2.71. The number of unbranched alkanes of at least 4 members (excludes halogenated alkanes) is 1. The molecule has 0 aliphatic carbocycles. The van der Waals surface area contributed by atoms with Gasteiger partial charge in [0.2, 0.25) is 10.0 Å². The Morgan fingerprint density at radius 1 is 1.17 bits per heavy atom. The maximum Gasteiger partial charge on any atom is 0.306 e. The summed E-state index contributed by atoms with van der Waals surface area (Å²) >= 11 is 0. The number of aromatic nitrogens is 2. The molecule has 2 N–H and O–H groups in total. The van der Waals surface area contributed by atoms with E-state index in [4.69, 9.17) is 9.88 Å². The van der Waals surface area contributed by atoms with Crippen molar-refractivity contribution in [1.29, 1.82) is 0 Å². The number of imidazole rings is 1. The highest BCUT2D eigenvalue weighted by Gasteiger charge is 2.16. The van der Waals surface area contributed by atoms with E-state index in [-0.39, 0.29) is 23.9 Å². The molecule has 3 rings (SSSR count). The van der Waals surface area contributed by atoms with Gasteiger partial charge < -0.3 is 9.30 Å². The van der Waals surface area contributed by atoms with Crippen molar-refractivity contribution in [3.63, 3.8) is 0 Å². The van der Waals surface area contributed by atoms with Gasteiger partial charge in [0.15, 0.2) is 0 Å². The highest BCUT2D eigenvalue weighted by molar-refractivity contribution is 7.89. The fraction of sp³-hybridized carbons (Fsp3) is 0.333. The highest BCUT2D eigenvalue weighted by Crippen LogP contribution is 2.21. The Bertz CT molecular complexity index is 1090. The van der Waals surface area contributed by atoms with Crippen molar-refractivity contribution in [2.75, 3.05) is 0 Å². The number of primary sulfonamides is 1. The molecule has 0 atom stereocenters. The molecule has 8 heteroatoms. The van der Waals surface area contributed by atoms with E-state index < -0.39 is 10.0 Å². The standard InChI is InChI=1S/C21H25N3O4S/c1-2-3-13-24-19-11-10-17(29(22,26)27)14-18(19)23-20(24)15-28-21(25)12-9-16-7-5-4-6-8-16/h4-8,10-11,14H,2-3,9,12-13,15H2,1H3,(H2,22,26,27). The van der Waals surface area contributed by atoms with Crippen LogP contribution < -0.4 is 5.14 Å². The number of benzene rings is 2. The van der Waals surface area contributed by atoms with Crippen molar-refractivity contribution in [3.05, 3.63) is 59.9 Å². The molecule has 0 unspecified atom stereocenters. The second-order valence-electron chi connectivity index (χ2n) is 6.88. The van der Waals surface area contributed by atoms with E-state index >= 15 is 0 Å². The van der Waals surface area contributed by atoms with Crippen LogP contribution in [-0.4, -0.2) is 23.9 Å². The van der Waals surface area contributed by atoms with E-state index in [0.717, 1.165) is 23.9 Å². The molecule has 154 valence electrons. The van der Waals surface area contributed by atoms with Gasteiger partial charge >= 0.3 is 5.97 Å². The number of hydrogen-bond donors (Lipinski definition) is 1. The molecule has 2 aromatic carbocycles. The van der Waals surface area contributed by atoms with Gasteiger partial charge in [0, 0.05) is 13.0 Å². The van der Waals surface area contributed by atoms with Crippen molar-refractivity contribution in [1.82, 2.24) is 9.55 Å². The Balaban J connectivity index is 1.75. The number of ether oxygens (including phenoxy) is 1. The van der Waals surface area contributed by atoms with Crippen molar-refractivity contribution < 1.29 is 17.9 Å². The Morgan fingerprint density at radius 2 is 1.93 bits per heavy atom. The third-order valence-corrected chi connectivity index (χ3v) is 5.60. The number of nitrogens with two attached hydrogens (primary N) is 1. The van der Waals surface area contributed by atoms with Crippen LogP contribution in [0.1, 0.15) is 37.6 Å². The van der Waals surface area contributed by atoms with Gasteiger partial charge in [-0.1, -0.05) is 43.7 Å². The van der Waals surface area contributed by atoms with E-state index in [9.17, 15) is 13.2 Å². The summed E-state index contributed by atoms with van der Waals surface area (Å²) in [4.78, 5) is 16.7. The molecule has 29 heavy (non-hydrogen) atoms. The van der Waals surface area contributed by atoms with Gasteiger partial charge in [0.25, 0.3) is 0 Å². The number of sulfonamides is 1. The van der Waals surface area contributed by atoms with Gasteiger partial charge in [-0.2, -0.15) is 0 Å². The summed E-state index contributed by atoms with van der Waals surface area (Å²) in [5, 5.41) is 5.22. The smallest absolute Gasteiger partial charge is 0.306 e. The Kier molecular flexibility index (Phi) is 6.66. The number of aryl methyl sites for hydroxylation is 2. The number of hydrogen-bond acceptors (Lipinski definition) is 5. The van der Waals surface area contributed by atoms with Crippen LogP contribution in [0.15, 0.2) is 53.4 Å². The minimum atomic E-state index is -3.81. The summed E-state index contributed by atoms with van der Waals surface area (Å²) in [5.74, 6) is 0.293. The fourth-order valence-corrected chi connectivity index (χ4v) is 3.65. The lowest BCUT2D eigenvalue weighted by molar-refractivity contribution is -0.145. The molecule has 1 aromatic heterocycles. The lowest BCUT2D eigenvalue weighted by Crippen LogP contribution is -2.12. The maximum atomic E-state index is 12.2. The largest absolute Gasteiger partial charge is 0.457 e. The summed E-state index contributed by atoms with van der Waals surface area (Å²) in [7, 11) is -3.81. The Morgan fingerprint density at radius 3 is 2.62 bits per heavy atom. The highest BCUT2D eigenvalue weighted by atomic mass is 32.2. The minimum absolute atomic E-state index is 0.0107. The van der Waals surface area contributed by atoms with Gasteiger partial charge in [-0.15, -0.1) is 0 Å². The van der Waals surface area contributed by atoms with Crippen molar-refractivity contribution in [2.45, 2.75) is 50.7 Å². The molecular weight excluding hydrogens is 390 g/mol. The van der Waals surface area contributed by atoms with Gasteiger partial charge in [-0.05, 0) is 36.6 Å². The summed E-state index contributed by atoms with van der Waals surface area (Å²) in [6.45, 7) is 2.83. The van der Waals surface area contributed by atoms with E-state index in [1.807, 2.05) is 34.9 Å². The van der Waals surface area contributed by atoms with Crippen LogP contribution in [0.3, 0.4) is 0 Å². The van der Waals surface area contributed by atoms with E-state index in [1.54, 1.807) is 6.07 Å². The second kappa shape index (κ2) is 9.19. The van der Waals surface area contributed by atoms with Gasteiger partial charge in [0.05, 0.1) is 15.9 Å². The van der Waals surface area contributed by atoms with E-state index in [2.05, 4.69) is 11.9 Å². The molecule has 0 saturated carbocycles. The first-order valence-electron chi connectivity index (χ1n) is 9.60. The summed E-state index contributed by atoms with van der Waals surface area (Å²) < 4.78 is 30.6. The van der Waals surface area contributed by atoms with Crippen molar-refractivity contribution in [3.8, 4) is 0 Å². The van der Waals surface area contributed by atoms with E-state index in [1.165, 1.54) is 12.1 Å². The van der Waals surface area contributed by atoms with Gasteiger partial charge in [-0.3, -0.25) is 4.79 Å². The summed E-state index contributed by atoms with van der Waals surface area (Å²) in [5.41, 5.74) is 2.39. The average Bonchev–Trinajstić information content (AvgIpc) is 3.06. The third-order valence-electron chi connectivity index (χ3n) is 4.69. The number of nitrogens with zero attached hydrogens (tertiary/aromatic N) is 2. The lowest BCUT2D eigenvalue weighted by atomic mass is 10.1. The molecule has 1 heterocycles. The molecule has 0 saturated heterocycles. The SMILES string of the molecule is CCCCn1c(COC(=O)CCc2ccccc2)nc2cc(S(N)(=O)=O)ccc21. The topological polar surface area (TPSA) is 104 Å². The Labute approximate surface area is 170 Å². The normalized spacial score (nSPS) is 11.7. The fourth-order valence-electron chi connectivity index (χ4n) is 3.12. The van der Waals surface area contributed by atoms with Gasteiger partial charge in [-0.25, -0.2) is 18.5 Å². The van der Waals surface area contributed by atoms with Crippen LogP contribution in [0.25, 0.3) is 11.0 Å². The zero-order valence-corrected chi connectivity index (χ0v) is 17.2. The second-order valence-corrected chi connectivity index (χ2v) is 8.44. The van der Waals surface area contributed by atoms with Crippen molar-refractivity contribution >= 4 is 27.0 Å². The molecule has 0 aliphatic heterocycles. The molecule has 0 spiro atoms. The van der Waals surface area contributed by atoms with Crippen LogP contribution in [0, 0.1) is 0 Å². The van der Waals surface area contributed by atoms with Crippen LogP contribution >= 0.6 is 0 Å². The number of carbonyl (C=O) groups excluding carboxylic acids is 1. The molecule has 0 radical (unpaired) electrons. The van der Waals surface area contributed by atoms with Gasteiger partial charge in [0.1, 0.15) is 12.4 Å². The first-order valence-corrected chi connectivity index (χ1v) is 11.1. The van der Waals surface area contributed by atoms with Crippen LogP contribution in [0.5, 0.6) is 0 Å². The first-order chi connectivity index (χ1) is 13.9. The molecule has 7 nitrogen and oxygen atoms in total. The molecular formula is C21H25N3O4S. The van der Waals surface area contributed by atoms with Crippen LogP contribution in [0.4, 0.5) is 0 Å². The number of fused-ring (bicyclic) bond motifs is 1. The zero-order valence-electron chi connectivity index (χ0n) is 16.4. The molecule has 0 aliphatic rings. The molecule has 0 fully saturated rings. The van der Waals surface area contributed by atoms with E-state index in [0.29, 0.717) is 24.3 Å². The molecule has 0 bridgehead atoms. The first kappa shape index (κ1) is 21.0. The molecule has 0 amide bonds. The quantitative estimate of drug-likeness (QED) is 0.541. The van der Waals surface area contributed by atoms with Crippen LogP contribution in [0.2, 0.25) is 0 Å². The molecule has 3 aromatic rings. The maximum absolute atomic E-state index is 12.2. The predicted molar refractivity (Wildman–Crippen MR) is 111 cm³/mol. The summed E-state index contributed by atoms with van der Waals surface area (Å²) in [6.07, 6.45) is 2.82. The lowest BCUT2D eigenvalue weighted by Gasteiger charge is -2.09. The van der Waals surface area contributed by atoms with Crippen LogP contribution in [-0.2, 0) is 39.1 Å². The third kappa shape index (κ3) is 5.42. The monoisotopic (exact) mass is 415 g/mol.